The highest BCUT2D eigenvalue weighted by molar-refractivity contribution is 5.70. The quantitative estimate of drug-likeness (QED) is 0.154. The lowest BCUT2D eigenvalue weighted by Crippen LogP contribution is -2.62. The van der Waals surface area contributed by atoms with E-state index < -0.39 is 0 Å². The minimum Gasteiger partial charge on any atom is -0.466 e. The van der Waals surface area contributed by atoms with Crippen molar-refractivity contribution in [2.24, 2.45) is 354 Å². The minimum atomic E-state index is 0.203. The van der Waals surface area contributed by atoms with E-state index >= 15 is 0 Å². The Kier molecular flexibility index (Phi) is 5.13. The van der Waals surface area contributed by atoms with Gasteiger partial charge in [-0.2, -0.15) is 0 Å². The molecular formula is C79H86O2. The highest BCUT2D eigenvalue weighted by Crippen LogP contribution is 3.14. The van der Waals surface area contributed by atoms with Crippen LogP contribution in [0, 0.1) is 354 Å². The van der Waals surface area contributed by atoms with Gasteiger partial charge < -0.3 is 4.74 Å². The number of hydrogen-bond acceptors (Lipinski definition) is 2. The molecule has 2 heteroatoms. The Morgan fingerprint density at radius 2 is 0.543 bits per heavy atom. The summed E-state index contributed by atoms with van der Waals surface area (Å²) in [5, 5.41) is 0. The zero-order valence-corrected chi connectivity index (χ0v) is 47.8. The molecule has 0 amide bonds. The Morgan fingerprint density at radius 3 is 0.802 bits per heavy atom. The van der Waals surface area contributed by atoms with Gasteiger partial charge in [-0.15, -0.1) is 0 Å². The first-order valence-electron chi connectivity index (χ1n) is 38.5. The molecule has 0 aromatic heterocycles. The van der Waals surface area contributed by atoms with Crippen LogP contribution in [0.25, 0.3) is 0 Å². The SMILES string of the molecule is CCCCCCCCOC(=O)CCCC1(c2ccccc2)C23C4C5C6C7C8C9C%10C%11C%12C%13C%14C%10C%10C8C6C6C8C%10C%14C%10C%14C%13C%13C%12C%12C%15C%11C9C9C%11C%15C%15C%12C%12C%13C%13C%14C%14C%10C8C(C64)C4C%14C6C%13C%12C8C%15C%10C%11C(C97)C5C2C%10C8C6C413. The Labute approximate surface area is 479 Å². The summed E-state index contributed by atoms with van der Waals surface area (Å²) >= 11 is 0. The van der Waals surface area contributed by atoms with Crippen LogP contribution in [0.3, 0.4) is 0 Å². The van der Waals surface area contributed by atoms with Gasteiger partial charge in [-0.25, -0.2) is 0 Å². The third-order valence-corrected chi connectivity index (χ3v) is 45.6. The van der Waals surface area contributed by atoms with Gasteiger partial charge in [0.25, 0.3) is 0 Å². The molecule has 33 saturated carbocycles. The summed E-state index contributed by atoms with van der Waals surface area (Å²) in [5.41, 5.74) is 3.38. The van der Waals surface area contributed by atoms with Gasteiger partial charge in [-0.3, -0.25) is 4.79 Å². The van der Waals surface area contributed by atoms with E-state index in [9.17, 15) is 4.79 Å². The van der Waals surface area contributed by atoms with E-state index in [0.29, 0.717) is 22.9 Å². The second-order valence-corrected chi connectivity index (χ2v) is 41.1. The Morgan fingerprint density at radius 1 is 0.309 bits per heavy atom. The van der Waals surface area contributed by atoms with Crippen molar-refractivity contribution in [3.63, 3.8) is 0 Å². The highest BCUT2D eigenvalue weighted by Gasteiger charge is 3.12. The molecule has 33 aliphatic rings. The lowest BCUT2D eigenvalue weighted by atomic mass is 9.39. The van der Waals surface area contributed by atoms with Gasteiger partial charge >= 0.3 is 5.97 Å². The maximum atomic E-state index is 14.6. The normalized spacial score (nSPS) is 87.0. The summed E-state index contributed by atoms with van der Waals surface area (Å²) in [5.74, 6) is 70.0. The summed E-state index contributed by atoms with van der Waals surface area (Å²) in [6, 6.07) is 13.6. The van der Waals surface area contributed by atoms with E-state index in [0.717, 1.165) is 90.3 Å². The van der Waals surface area contributed by atoms with Gasteiger partial charge in [0, 0.05) is 11.8 Å². The smallest absolute Gasteiger partial charge is 0.305 e. The number of esters is 1. The molecule has 414 valence electrons. The van der Waals surface area contributed by atoms with Crippen molar-refractivity contribution in [3.8, 4) is 0 Å². The first kappa shape index (κ1) is 39.6. The Bertz CT molecular complexity index is 3000. The lowest BCUT2D eigenvalue weighted by Gasteiger charge is -2.65. The fourth-order valence-corrected chi connectivity index (χ4v) is 51.6. The van der Waals surface area contributed by atoms with Gasteiger partial charge in [0.15, 0.2) is 0 Å². The molecule has 33 fully saturated rings. The van der Waals surface area contributed by atoms with E-state index in [2.05, 4.69) is 37.3 Å². The van der Waals surface area contributed by atoms with Gasteiger partial charge in [0.1, 0.15) is 0 Å². The summed E-state index contributed by atoms with van der Waals surface area (Å²) in [4.78, 5) is 14.6. The van der Waals surface area contributed by atoms with E-state index in [1.54, 1.807) is 0 Å². The summed E-state index contributed by atoms with van der Waals surface area (Å²) in [6.45, 7) is 3.02. The van der Waals surface area contributed by atoms with Crippen LogP contribution in [0.1, 0.15) is 70.3 Å². The third-order valence-electron chi connectivity index (χ3n) is 45.6. The number of carbonyl (C=O) groups is 1. The van der Waals surface area contributed by atoms with Crippen molar-refractivity contribution in [1.29, 1.82) is 0 Å². The van der Waals surface area contributed by atoms with Crippen LogP contribution in [-0.2, 0) is 14.9 Å². The molecule has 0 saturated heterocycles. The largest absolute Gasteiger partial charge is 0.466 e. The van der Waals surface area contributed by atoms with Crippen molar-refractivity contribution in [3.05, 3.63) is 35.9 Å². The minimum absolute atomic E-state index is 0.203. The number of benzene rings is 1. The van der Waals surface area contributed by atoms with Crippen LogP contribution in [0.4, 0.5) is 0 Å². The Balaban J connectivity index is 0.730. The summed E-state index contributed by atoms with van der Waals surface area (Å²) < 4.78 is 6.42. The zero-order valence-electron chi connectivity index (χ0n) is 47.8. The van der Waals surface area contributed by atoms with Crippen molar-refractivity contribution >= 4 is 5.97 Å². The van der Waals surface area contributed by atoms with Gasteiger partial charge in [0.2, 0.25) is 0 Å². The van der Waals surface area contributed by atoms with Gasteiger partial charge in [-0.05, 0) is 379 Å². The van der Waals surface area contributed by atoms with Crippen LogP contribution in [0.15, 0.2) is 30.3 Å². The molecule has 33 aliphatic carbocycles. The molecule has 52 unspecified atom stereocenters. The van der Waals surface area contributed by atoms with Crippen LogP contribution < -0.4 is 0 Å². The number of unbranched alkanes of at least 4 members (excludes halogenated alkanes) is 5. The van der Waals surface area contributed by atoms with E-state index in [1.807, 2.05) is 5.56 Å². The number of rotatable bonds is 12. The summed E-state index contributed by atoms with van der Waals surface area (Å²) in [7, 11) is 0. The molecule has 2 nitrogen and oxygen atoms in total. The van der Waals surface area contributed by atoms with Crippen molar-refractivity contribution in [1.82, 2.24) is 0 Å². The van der Waals surface area contributed by atoms with Crippen molar-refractivity contribution in [2.75, 3.05) is 6.61 Å². The molecule has 0 bridgehead atoms. The molecule has 1 aromatic rings. The highest BCUT2D eigenvalue weighted by atomic mass is 16.5. The van der Waals surface area contributed by atoms with Crippen LogP contribution in [0.5, 0.6) is 0 Å². The first-order chi connectivity index (χ1) is 40.3. The average Bonchev–Trinajstić information content (AvgIpc) is 1.36. The number of ether oxygens (including phenoxy) is 1. The fraction of sp³-hybridized carbons (Fsp3) is 0.911. The molecule has 34 rings (SSSR count). The monoisotopic (exact) mass is 1070 g/mol. The lowest BCUT2D eigenvalue weighted by molar-refractivity contribution is -0.183. The maximum Gasteiger partial charge on any atom is 0.305 e. The van der Waals surface area contributed by atoms with E-state index in [-0.39, 0.29) is 5.97 Å². The zero-order chi connectivity index (χ0) is 49.5. The maximum absolute atomic E-state index is 14.6. The average molecular weight is 1070 g/mol. The predicted octanol–water partition coefficient (Wildman–Crippen LogP) is 12.1. The Hall–Kier alpha value is -1.31. The van der Waals surface area contributed by atoms with E-state index in [4.69, 9.17) is 4.74 Å². The standard InChI is InChI=1S/C79H86O2/c1-2-3-4-5-6-10-16-81-18(80)14-11-15-77(17-12-8-7-9-13-17)78-73-65-57-47-37-29-21-19-20-23-27-25(21)33-41-35(27)45-39-31(23)32-24(20)28-26-22(19)30(29)38-44-34(26)42-36(28)46-40(32)50-49(39)59-53(45)63-55(41)61(51(57)43(33)37)69(73)71(63)75-67(59)68-60(50)54(46)64-56(42)62-52(44)58(48(38)47)66(65)74(78)70(62)72(64)76(68)79(75,77)78/h7-9,12-13,19-76H,2-6,10-11,14-16H2,1H3. The first-order valence-corrected chi connectivity index (χ1v) is 38.5. The topological polar surface area (TPSA) is 26.3 Å². The summed E-state index contributed by atoms with van der Waals surface area (Å²) in [6.07, 6.45) is 10.9. The molecule has 0 N–H and O–H groups in total. The third kappa shape index (κ3) is 2.65. The molecular weight excluding hydrogens is 981 g/mol. The number of carbonyl (C=O) groups excluding carboxylic acids is 1. The van der Waals surface area contributed by atoms with Crippen LogP contribution in [0.2, 0.25) is 0 Å². The predicted molar refractivity (Wildman–Crippen MR) is 294 cm³/mol. The molecule has 1 aromatic carbocycles. The van der Waals surface area contributed by atoms with Gasteiger partial charge in [0.05, 0.1) is 6.61 Å². The van der Waals surface area contributed by atoms with Crippen LogP contribution >= 0.6 is 0 Å². The molecule has 0 radical (unpaired) electrons. The molecule has 81 heavy (non-hydrogen) atoms. The van der Waals surface area contributed by atoms with Crippen LogP contribution in [-0.4, -0.2) is 12.6 Å². The second-order valence-electron chi connectivity index (χ2n) is 41.1. The molecule has 0 aliphatic heterocycles. The van der Waals surface area contributed by atoms with E-state index in [1.165, 1.54) is 311 Å². The number of hydrogen-bond donors (Lipinski definition) is 0. The molecule has 0 heterocycles. The van der Waals surface area contributed by atoms with Gasteiger partial charge in [-0.1, -0.05) is 69.4 Å². The van der Waals surface area contributed by atoms with Crippen molar-refractivity contribution in [2.45, 2.75) is 70.1 Å². The molecule has 2 spiro atoms. The van der Waals surface area contributed by atoms with Crippen molar-refractivity contribution < 1.29 is 9.53 Å². The fourth-order valence-electron chi connectivity index (χ4n) is 51.6. The second kappa shape index (κ2) is 10.5. The molecule has 52 atom stereocenters.